The normalized spacial score (nSPS) is 20.9. The van der Waals surface area contributed by atoms with Gasteiger partial charge in [0.2, 0.25) is 0 Å². The van der Waals surface area contributed by atoms with E-state index in [-0.39, 0.29) is 6.61 Å². The van der Waals surface area contributed by atoms with Crippen molar-refractivity contribution in [1.29, 1.82) is 0 Å². The van der Waals surface area contributed by atoms with Gasteiger partial charge in [0.15, 0.2) is 0 Å². The summed E-state index contributed by atoms with van der Waals surface area (Å²) >= 11 is 3.50. The van der Waals surface area contributed by atoms with Crippen LogP contribution in [0.2, 0.25) is 0 Å². The Bertz CT molecular complexity index is 335. The van der Waals surface area contributed by atoms with Crippen LogP contribution in [0.4, 0.5) is 0 Å². The average molecular weight is 259 g/mol. The molecule has 1 aromatic heterocycles. The van der Waals surface area contributed by atoms with Crippen LogP contribution in [-0.4, -0.2) is 21.3 Å². The molecule has 14 heavy (non-hydrogen) atoms. The molecule has 1 unspecified atom stereocenters. The molecule has 4 heteroatoms. The van der Waals surface area contributed by atoms with E-state index in [2.05, 4.69) is 32.4 Å². The van der Waals surface area contributed by atoms with Crippen LogP contribution in [0.5, 0.6) is 0 Å². The van der Waals surface area contributed by atoms with E-state index in [1.165, 1.54) is 18.5 Å². The monoisotopic (exact) mass is 258 g/mol. The molecule has 2 heterocycles. The smallest absolute Gasteiger partial charge is 0.127 e. The van der Waals surface area contributed by atoms with E-state index in [0.29, 0.717) is 12.3 Å². The van der Waals surface area contributed by atoms with E-state index in [1.807, 2.05) is 0 Å². The number of nitrogens with zero attached hydrogens (tertiary/aromatic N) is 2. The molecule has 1 N–H and O–H groups in total. The van der Waals surface area contributed by atoms with Crippen molar-refractivity contribution in [3.63, 3.8) is 0 Å². The van der Waals surface area contributed by atoms with Crippen molar-refractivity contribution >= 4 is 15.9 Å². The molecule has 0 radical (unpaired) electrons. The van der Waals surface area contributed by atoms with Crippen molar-refractivity contribution in [2.24, 2.45) is 0 Å². The Morgan fingerprint density at radius 2 is 2.43 bits per heavy atom. The molecule has 0 spiro atoms. The van der Waals surface area contributed by atoms with E-state index >= 15 is 0 Å². The zero-order valence-electron chi connectivity index (χ0n) is 8.33. The minimum Gasteiger partial charge on any atom is -0.396 e. The number of aromatic nitrogens is 2. The molecule has 1 aliphatic rings. The fraction of sp³-hybridized carbons (Fsp3) is 0.700. The van der Waals surface area contributed by atoms with Crippen LogP contribution < -0.4 is 0 Å². The molecule has 2 rings (SSSR count). The van der Waals surface area contributed by atoms with Crippen molar-refractivity contribution < 1.29 is 5.11 Å². The molecule has 0 aromatic carbocycles. The highest BCUT2D eigenvalue weighted by Gasteiger charge is 2.23. The van der Waals surface area contributed by atoms with E-state index in [9.17, 15) is 0 Å². The second-order valence-electron chi connectivity index (χ2n) is 3.87. The second kappa shape index (κ2) is 4.03. The van der Waals surface area contributed by atoms with Gasteiger partial charge in [0, 0.05) is 13.0 Å². The first-order valence-electron chi connectivity index (χ1n) is 5.09. The number of hydrogen-bond acceptors (Lipinski definition) is 2. The fourth-order valence-corrected chi connectivity index (χ4v) is 2.99. The summed E-state index contributed by atoms with van der Waals surface area (Å²) in [7, 11) is 0. The Balaban J connectivity index is 2.41. The number of aliphatic hydroxyl groups excluding tert-OH is 1. The van der Waals surface area contributed by atoms with Crippen molar-refractivity contribution in [3.8, 4) is 0 Å². The van der Waals surface area contributed by atoms with Crippen molar-refractivity contribution in [1.82, 2.24) is 9.55 Å². The second-order valence-corrected chi connectivity index (χ2v) is 4.62. The molecule has 1 aliphatic heterocycles. The van der Waals surface area contributed by atoms with Crippen LogP contribution in [-0.2, 0) is 13.0 Å². The van der Waals surface area contributed by atoms with Crippen LogP contribution in [0.3, 0.4) is 0 Å². The van der Waals surface area contributed by atoms with Crippen LogP contribution in [0.1, 0.15) is 37.2 Å². The summed E-state index contributed by atoms with van der Waals surface area (Å²) in [5.74, 6) is 1.60. The number of halogens is 1. The topological polar surface area (TPSA) is 38.0 Å². The lowest BCUT2D eigenvalue weighted by Crippen LogP contribution is -2.16. The summed E-state index contributed by atoms with van der Waals surface area (Å²) in [6, 6.07) is 0. The van der Waals surface area contributed by atoms with E-state index in [4.69, 9.17) is 5.11 Å². The maximum Gasteiger partial charge on any atom is 0.127 e. The first-order chi connectivity index (χ1) is 6.74. The number of hydrogen-bond donors (Lipinski definition) is 1. The largest absolute Gasteiger partial charge is 0.396 e. The van der Waals surface area contributed by atoms with Crippen LogP contribution in [0, 0.1) is 0 Å². The van der Waals surface area contributed by atoms with Gasteiger partial charge in [-0.1, -0.05) is 6.92 Å². The Hall–Kier alpha value is -0.350. The Kier molecular flexibility index (Phi) is 2.93. The number of aliphatic hydroxyl groups is 1. The van der Waals surface area contributed by atoms with Gasteiger partial charge in [0.25, 0.3) is 0 Å². The van der Waals surface area contributed by atoms with Gasteiger partial charge < -0.3 is 9.67 Å². The van der Waals surface area contributed by atoms with Gasteiger partial charge in [-0.2, -0.15) is 0 Å². The predicted molar refractivity (Wildman–Crippen MR) is 58.4 cm³/mol. The van der Waals surface area contributed by atoms with E-state index < -0.39 is 0 Å². The van der Waals surface area contributed by atoms with Crippen LogP contribution in [0.15, 0.2) is 4.60 Å². The molecule has 0 aliphatic carbocycles. The van der Waals surface area contributed by atoms with Gasteiger partial charge in [0.1, 0.15) is 10.4 Å². The average Bonchev–Trinajstić information content (AvgIpc) is 2.46. The van der Waals surface area contributed by atoms with Crippen molar-refractivity contribution in [2.45, 2.75) is 38.6 Å². The molecule has 0 saturated heterocycles. The summed E-state index contributed by atoms with van der Waals surface area (Å²) in [6.07, 6.45) is 3.11. The van der Waals surface area contributed by atoms with E-state index in [1.54, 1.807) is 0 Å². The van der Waals surface area contributed by atoms with Crippen molar-refractivity contribution in [3.05, 3.63) is 16.1 Å². The lowest BCUT2D eigenvalue weighted by Gasteiger charge is -2.22. The SMILES string of the molecule is CC1CCCn2c(CCO)nc(Br)c21. The number of imidazole rings is 1. The summed E-state index contributed by atoms with van der Waals surface area (Å²) in [5.41, 5.74) is 1.31. The molecular weight excluding hydrogens is 244 g/mol. The van der Waals surface area contributed by atoms with Crippen LogP contribution in [0.25, 0.3) is 0 Å². The number of rotatable bonds is 2. The lowest BCUT2D eigenvalue weighted by molar-refractivity contribution is 0.293. The molecule has 1 atom stereocenters. The molecule has 0 saturated carbocycles. The zero-order valence-corrected chi connectivity index (χ0v) is 9.92. The van der Waals surface area contributed by atoms with Gasteiger partial charge in [-0.3, -0.25) is 0 Å². The highest BCUT2D eigenvalue weighted by molar-refractivity contribution is 9.10. The summed E-state index contributed by atoms with van der Waals surface area (Å²) in [4.78, 5) is 4.45. The third kappa shape index (κ3) is 1.61. The van der Waals surface area contributed by atoms with Crippen LogP contribution >= 0.6 is 15.9 Å². The summed E-state index contributed by atoms with van der Waals surface area (Å²) in [5, 5.41) is 8.93. The first kappa shape index (κ1) is 10.2. The van der Waals surface area contributed by atoms with Gasteiger partial charge in [-0.25, -0.2) is 4.98 Å². The van der Waals surface area contributed by atoms with Gasteiger partial charge in [-0.05, 0) is 34.7 Å². The quantitative estimate of drug-likeness (QED) is 0.883. The lowest BCUT2D eigenvalue weighted by atomic mass is 9.99. The maximum atomic E-state index is 8.93. The Morgan fingerprint density at radius 1 is 1.64 bits per heavy atom. The third-order valence-electron chi connectivity index (χ3n) is 2.86. The molecule has 0 amide bonds. The molecular formula is C10H15BrN2O. The first-order valence-corrected chi connectivity index (χ1v) is 5.89. The minimum absolute atomic E-state index is 0.178. The minimum atomic E-state index is 0.178. The predicted octanol–water partition coefficient (Wildman–Crippen LogP) is 2.08. The maximum absolute atomic E-state index is 8.93. The molecule has 0 bridgehead atoms. The Labute approximate surface area is 92.3 Å². The van der Waals surface area contributed by atoms with E-state index in [0.717, 1.165) is 17.0 Å². The van der Waals surface area contributed by atoms with Gasteiger partial charge in [-0.15, -0.1) is 0 Å². The zero-order chi connectivity index (χ0) is 10.1. The summed E-state index contributed by atoms with van der Waals surface area (Å²) in [6.45, 7) is 3.46. The molecule has 78 valence electrons. The van der Waals surface area contributed by atoms with Crippen molar-refractivity contribution in [2.75, 3.05) is 6.61 Å². The molecule has 3 nitrogen and oxygen atoms in total. The van der Waals surface area contributed by atoms with Gasteiger partial charge in [0.05, 0.1) is 12.3 Å². The highest BCUT2D eigenvalue weighted by Crippen LogP contribution is 2.33. The fourth-order valence-electron chi connectivity index (χ4n) is 2.18. The summed E-state index contributed by atoms with van der Waals surface area (Å²) < 4.78 is 3.22. The standard InChI is InChI=1S/C10H15BrN2O/c1-7-3-2-5-13-8(4-6-14)12-10(11)9(7)13/h7,14H,2-6H2,1H3. The number of fused-ring (bicyclic) bond motifs is 1. The molecule has 1 aromatic rings. The Morgan fingerprint density at radius 3 is 3.14 bits per heavy atom. The van der Waals surface area contributed by atoms with Gasteiger partial charge >= 0.3 is 0 Å². The highest BCUT2D eigenvalue weighted by atomic mass is 79.9. The third-order valence-corrected chi connectivity index (χ3v) is 3.45. The molecule has 0 fully saturated rings.